The molecule has 7 nitrogen and oxygen atoms in total. The van der Waals surface area contributed by atoms with E-state index in [1.807, 2.05) is 42.5 Å². The molecule has 0 aliphatic carbocycles. The quantitative estimate of drug-likeness (QED) is 0.423. The van der Waals surface area contributed by atoms with Crippen LogP contribution in [-0.4, -0.2) is 47.0 Å². The molecule has 32 heavy (non-hydrogen) atoms. The van der Waals surface area contributed by atoms with E-state index in [2.05, 4.69) is 26.5 Å². The number of hydrogen-bond acceptors (Lipinski definition) is 7. The Morgan fingerprint density at radius 1 is 1.19 bits per heavy atom. The van der Waals surface area contributed by atoms with Gasteiger partial charge in [-0.15, -0.1) is 0 Å². The number of carbonyl (C=O) groups excluding carboxylic acids is 1. The Morgan fingerprint density at radius 2 is 2.09 bits per heavy atom. The summed E-state index contributed by atoms with van der Waals surface area (Å²) >= 11 is 1.40. The van der Waals surface area contributed by atoms with E-state index in [0.717, 1.165) is 53.8 Å². The van der Waals surface area contributed by atoms with Crippen molar-refractivity contribution >= 4 is 22.6 Å². The first-order chi connectivity index (χ1) is 15.7. The molecule has 0 atom stereocenters. The van der Waals surface area contributed by atoms with Gasteiger partial charge in [0.25, 0.3) is 0 Å². The molecule has 0 radical (unpaired) electrons. The summed E-state index contributed by atoms with van der Waals surface area (Å²) in [7, 11) is 1.67. The Labute approximate surface area is 194 Å². The number of amides is 1. The molecule has 170 valence electrons. The number of nitrogens with zero attached hydrogens (tertiary/aromatic N) is 4. The molecule has 0 fully saturated rings. The number of hydrogen-bond donors (Lipinski definition) is 1. The lowest BCUT2D eigenvalue weighted by Crippen LogP contribution is -2.32. The molecule has 8 heteroatoms. The number of pyridine rings is 1. The molecule has 3 aromatic rings. The zero-order valence-corrected chi connectivity index (χ0v) is 19.6. The number of aromatic nitrogens is 3. The number of methoxy groups -OCH3 is 1. The van der Waals surface area contributed by atoms with Gasteiger partial charge in [0, 0.05) is 62.3 Å². The largest absolute Gasteiger partial charge is 0.497 e. The van der Waals surface area contributed by atoms with Crippen LogP contribution in [-0.2, 0) is 17.6 Å². The van der Waals surface area contributed by atoms with Gasteiger partial charge in [-0.1, -0.05) is 31.5 Å². The highest BCUT2D eigenvalue weighted by Gasteiger charge is 2.14. The van der Waals surface area contributed by atoms with Gasteiger partial charge >= 0.3 is 0 Å². The second kappa shape index (κ2) is 12.8. The average Bonchev–Trinajstić information content (AvgIpc) is 3.28. The molecule has 0 saturated heterocycles. The van der Waals surface area contributed by atoms with Crippen molar-refractivity contribution in [2.45, 2.75) is 39.0 Å². The summed E-state index contributed by atoms with van der Waals surface area (Å²) in [5.74, 6) is 1.67. The Balaban J connectivity index is 1.52. The summed E-state index contributed by atoms with van der Waals surface area (Å²) < 4.78 is 9.85. The minimum absolute atomic E-state index is 0.0450. The van der Waals surface area contributed by atoms with E-state index in [-0.39, 0.29) is 5.91 Å². The molecule has 3 rings (SSSR count). The monoisotopic (exact) mass is 453 g/mol. The van der Waals surface area contributed by atoms with Gasteiger partial charge in [0.15, 0.2) is 0 Å². The molecular weight excluding hydrogens is 422 g/mol. The third-order valence-corrected chi connectivity index (χ3v) is 5.86. The van der Waals surface area contributed by atoms with Gasteiger partial charge in [0.1, 0.15) is 11.6 Å². The molecular formula is C24H31N5O2S. The molecule has 0 bridgehead atoms. The normalized spacial score (nSPS) is 10.7. The fourth-order valence-corrected chi connectivity index (χ4v) is 4.00. The second-order valence-corrected chi connectivity index (χ2v) is 8.26. The van der Waals surface area contributed by atoms with Crippen LogP contribution >= 0.6 is 11.5 Å². The minimum atomic E-state index is 0.0450. The predicted octanol–water partition coefficient (Wildman–Crippen LogP) is 3.89. The topological polar surface area (TPSA) is 80.2 Å². The smallest absolute Gasteiger partial charge is 0.221 e. The van der Waals surface area contributed by atoms with E-state index in [1.165, 1.54) is 11.5 Å². The van der Waals surface area contributed by atoms with Crippen molar-refractivity contribution in [2.24, 2.45) is 0 Å². The van der Waals surface area contributed by atoms with E-state index in [9.17, 15) is 4.79 Å². The summed E-state index contributed by atoms with van der Waals surface area (Å²) in [6, 6.07) is 13.8. The Kier molecular flexibility index (Phi) is 9.43. The van der Waals surface area contributed by atoms with E-state index in [1.54, 1.807) is 13.3 Å². The first-order valence-electron chi connectivity index (χ1n) is 11.0. The molecule has 0 aliphatic heterocycles. The van der Waals surface area contributed by atoms with Gasteiger partial charge < -0.3 is 15.0 Å². The maximum atomic E-state index is 12.3. The van der Waals surface area contributed by atoms with Crippen molar-refractivity contribution in [3.05, 3.63) is 65.7 Å². The average molecular weight is 454 g/mol. The van der Waals surface area contributed by atoms with Gasteiger partial charge in [-0.25, -0.2) is 4.98 Å². The summed E-state index contributed by atoms with van der Waals surface area (Å²) in [5.41, 5.74) is 2.09. The van der Waals surface area contributed by atoms with Gasteiger partial charge in [0.05, 0.1) is 7.11 Å². The van der Waals surface area contributed by atoms with Crippen LogP contribution in [0.1, 0.15) is 43.3 Å². The highest BCUT2D eigenvalue weighted by molar-refractivity contribution is 7.09. The lowest BCUT2D eigenvalue weighted by Gasteiger charge is -2.20. The molecule has 2 aromatic heterocycles. The van der Waals surface area contributed by atoms with Crippen LogP contribution in [0.15, 0.2) is 48.7 Å². The maximum absolute atomic E-state index is 12.3. The van der Waals surface area contributed by atoms with Gasteiger partial charge in [0.2, 0.25) is 11.0 Å². The number of benzene rings is 1. The van der Waals surface area contributed by atoms with E-state index >= 15 is 0 Å². The van der Waals surface area contributed by atoms with E-state index < -0.39 is 0 Å². The Hall–Kier alpha value is -3.00. The molecule has 0 spiro atoms. The van der Waals surface area contributed by atoms with Crippen molar-refractivity contribution in [1.29, 1.82) is 0 Å². The maximum Gasteiger partial charge on any atom is 0.221 e. The highest BCUT2D eigenvalue weighted by Crippen LogP contribution is 2.21. The van der Waals surface area contributed by atoms with Crippen LogP contribution in [0.4, 0.5) is 5.13 Å². The Morgan fingerprint density at radius 3 is 2.88 bits per heavy atom. The van der Waals surface area contributed by atoms with Crippen molar-refractivity contribution in [3.63, 3.8) is 0 Å². The number of ether oxygens (including phenoxy) is 1. The number of carbonyl (C=O) groups is 1. The predicted molar refractivity (Wildman–Crippen MR) is 128 cm³/mol. The van der Waals surface area contributed by atoms with E-state index in [0.29, 0.717) is 25.9 Å². The molecule has 1 N–H and O–H groups in total. The van der Waals surface area contributed by atoms with Gasteiger partial charge in [-0.3, -0.25) is 9.78 Å². The third-order valence-electron chi connectivity index (χ3n) is 5.04. The molecule has 0 unspecified atom stereocenters. The van der Waals surface area contributed by atoms with Crippen LogP contribution in [0.2, 0.25) is 0 Å². The number of rotatable bonds is 13. The third kappa shape index (κ3) is 7.60. The lowest BCUT2D eigenvalue weighted by atomic mass is 10.1. The van der Waals surface area contributed by atoms with Crippen LogP contribution in [0.5, 0.6) is 5.75 Å². The first-order valence-corrected chi connectivity index (χ1v) is 11.8. The molecule has 1 aromatic carbocycles. The van der Waals surface area contributed by atoms with E-state index in [4.69, 9.17) is 9.72 Å². The first kappa shape index (κ1) is 23.7. The van der Waals surface area contributed by atoms with Crippen molar-refractivity contribution in [1.82, 2.24) is 19.7 Å². The van der Waals surface area contributed by atoms with Gasteiger partial charge in [-0.2, -0.15) is 4.37 Å². The zero-order chi connectivity index (χ0) is 22.6. The van der Waals surface area contributed by atoms with Crippen LogP contribution in [0.3, 0.4) is 0 Å². The Bertz CT molecular complexity index is 964. The summed E-state index contributed by atoms with van der Waals surface area (Å²) in [5, 5.41) is 3.87. The summed E-state index contributed by atoms with van der Waals surface area (Å²) in [6.07, 6.45) is 5.72. The molecule has 0 aliphatic rings. The fraction of sp³-hybridized carbons (Fsp3) is 0.417. The molecule has 1 amide bonds. The molecule has 2 heterocycles. The zero-order valence-electron chi connectivity index (χ0n) is 18.8. The second-order valence-electron chi connectivity index (χ2n) is 7.53. The fourth-order valence-electron chi connectivity index (χ4n) is 3.26. The van der Waals surface area contributed by atoms with Crippen molar-refractivity contribution in [3.8, 4) is 5.75 Å². The van der Waals surface area contributed by atoms with Crippen LogP contribution < -0.4 is 15.0 Å². The highest BCUT2D eigenvalue weighted by atomic mass is 32.1. The minimum Gasteiger partial charge on any atom is -0.497 e. The van der Waals surface area contributed by atoms with Gasteiger partial charge in [-0.05, 0) is 36.2 Å². The standard InChI is InChI=1S/C24H31N5O2S/c1-3-4-15-29(16-12-23(30)26-14-11-20-9-5-6-13-25-20)24-27-22(28-32-24)18-19-8-7-10-21(17-19)31-2/h5-10,13,17H,3-4,11-12,14-16,18H2,1-2H3,(H,26,30). The van der Waals surface area contributed by atoms with Crippen LogP contribution in [0, 0.1) is 0 Å². The number of anilines is 1. The summed E-state index contributed by atoms with van der Waals surface area (Å²) in [6.45, 7) is 4.25. The number of nitrogens with one attached hydrogen (secondary N) is 1. The SMILES string of the molecule is CCCCN(CCC(=O)NCCc1ccccn1)c1nc(Cc2cccc(OC)c2)ns1. The van der Waals surface area contributed by atoms with Crippen molar-refractivity contribution in [2.75, 3.05) is 31.6 Å². The number of unbranched alkanes of at least 4 members (excludes halogenated alkanes) is 1. The summed E-state index contributed by atoms with van der Waals surface area (Å²) in [4.78, 5) is 23.6. The lowest BCUT2D eigenvalue weighted by molar-refractivity contribution is -0.120. The molecule has 0 saturated carbocycles. The van der Waals surface area contributed by atoms with Crippen molar-refractivity contribution < 1.29 is 9.53 Å². The van der Waals surface area contributed by atoms with Crippen LogP contribution in [0.25, 0.3) is 0 Å².